The Kier molecular flexibility index (Phi) is 7.27. The molecule has 0 saturated heterocycles. The van der Waals surface area contributed by atoms with Gasteiger partial charge in [0.15, 0.2) is 0 Å². The van der Waals surface area contributed by atoms with E-state index in [9.17, 15) is 14.4 Å². The van der Waals surface area contributed by atoms with Crippen LogP contribution >= 0.6 is 0 Å². The number of nitrogens with one attached hydrogen (secondary N) is 2. The third-order valence-electron chi connectivity index (χ3n) is 3.15. The highest BCUT2D eigenvalue weighted by molar-refractivity contribution is 5.98. The normalized spacial score (nSPS) is 11.1. The van der Waals surface area contributed by atoms with Gasteiger partial charge in [0.2, 0.25) is 11.8 Å². The number of rotatable bonds is 8. The van der Waals surface area contributed by atoms with Gasteiger partial charge in [-0.25, -0.2) is 0 Å². The highest BCUT2D eigenvalue weighted by Crippen LogP contribution is 2.10. The van der Waals surface area contributed by atoms with E-state index in [0.717, 1.165) is 0 Å². The molecule has 7 heteroatoms. The van der Waals surface area contributed by atoms with Crippen molar-refractivity contribution in [3.05, 3.63) is 29.8 Å². The molecule has 23 heavy (non-hydrogen) atoms. The number of nitrogens with two attached hydrogens (primary N) is 1. The van der Waals surface area contributed by atoms with Crippen molar-refractivity contribution in [1.29, 1.82) is 5.26 Å². The second-order valence-corrected chi connectivity index (χ2v) is 5.09. The molecule has 1 aromatic carbocycles. The van der Waals surface area contributed by atoms with E-state index in [1.807, 2.05) is 6.07 Å². The maximum absolute atomic E-state index is 12.1. The number of hydrogen-bond acceptors (Lipinski definition) is 4. The van der Waals surface area contributed by atoms with Crippen molar-refractivity contribution in [1.82, 2.24) is 5.32 Å². The number of carbonyl (C=O) groups excluding carboxylic acids is 3. The molecule has 0 aliphatic heterocycles. The van der Waals surface area contributed by atoms with E-state index in [0.29, 0.717) is 36.9 Å². The summed E-state index contributed by atoms with van der Waals surface area (Å²) in [6.45, 7) is 1.39. The molecule has 0 unspecified atom stereocenters. The van der Waals surface area contributed by atoms with Crippen molar-refractivity contribution >= 4 is 23.4 Å². The summed E-state index contributed by atoms with van der Waals surface area (Å²) in [6, 6.07) is 7.55. The Hall–Kier alpha value is -2.88. The molecule has 0 fully saturated rings. The zero-order chi connectivity index (χ0) is 17.2. The largest absolute Gasteiger partial charge is 0.368 e. The van der Waals surface area contributed by atoms with Gasteiger partial charge >= 0.3 is 0 Å². The Balaban J connectivity index is 2.62. The molecule has 0 aliphatic rings. The summed E-state index contributed by atoms with van der Waals surface area (Å²) in [7, 11) is 0. The van der Waals surface area contributed by atoms with Gasteiger partial charge in [-0.05, 0) is 43.5 Å². The number of nitriles is 1. The highest BCUT2D eigenvalue weighted by Gasteiger charge is 2.18. The molecule has 3 amide bonds. The van der Waals surface area contributed by atoms with Crippen LogP contribution in [-0.4, -0.2) is 23.8 Å². The summed E-state index contributed by atoms with van der Waals surface area (Å²) >= 11 is 0. The molecule has 0 saturated carbocycles. The summed E-state index contributed by atoms with van der Waals surface area (Å²) in [5.41, 5.74) is 6.23. The molecule has 0 radical (unpaired) electrons. The number of benzene rings is 1. The van der Waals surface area contributed by atoms with Crippen LogP contribution in [0.5, 0.6) is 0 Å². The first-order valence-corrected chi connectivity index (χ1v) is 7.29. The van der Waals surface area contributed by atoms with Gasteiger partial charge in [0.1, 0.15) is 6.04 Å². The van der Waals surface area contributed by atoms with Crippen LogP contribution in [0.1, 0.15) is 43.0 Å². The zero-order valence-corrected chi connectivity index (χ0v) is 13.0. The van der Waals surface area contributed by atoms with Crippen LogP contribution in [0.25, 0.3) is 0 Å². The minimum Gasteiger partial charge on any atom is -0.368 e. The van der Waals surface area contributed by atoms with Crippen LogP contribution in [0.2, 0.25) is 0 Å². The number of primary amides is 1. The Morgan fingerprint density at radius 1 is 1.22 bits per heavy atom. The number of nitrogens with zero attached hydrogens (tertiary/aromatic N) is 1. The summed E-state index contributed by atoms with van der Waals surface area (Å²) in [4.78, 5) is 34.5. The highest BCUT2D eigenvalue weighted by atomic mass is 16.2. The summed E-state index contributed by atoms with van der Waals surface area (Å²) in [6.07, 6.45) is 2.08. The summed E-state index contributed by atoms with van der Waals surface area (Å²) < 4.78 is 0. The number of carbonyl (C=O) groups is 3. The van der Waals surface area contributed by atoms with Gasteiger partial charge in [-0.3, -0.25) is 14.4 Å². The fourth-order valence-electron chi connectivity index (χ4n) is 1.99. The van der Waals surface area contributed by atoms with E-state index in [1.54, 1.807) is 24.3 Å². The average Bonchev–Trinajstić information content (AvgIpc) is 2.50. The molecular weight excluding hydrogens is 296 g/mol. The predicted octanol–water partition coefficient (Wildman–Crippen LogP) is 1.31. The average molecular weight is 316 g/mol. The van der Waals surface area contributed by atoms with Gasteiger partial charge in [-0.2, -0.15) is 5.26 Å². The van der Waals surface area contributed by atoms with E-state index in [1.165, 1.54) is 6.92 Å². The van der Waals surface area contributed by atoms with Crippen molar-refractivity contribution in [3.8, 4) is 6.07 Å². The van der Waals surface area contributed by atoms with Crippen molar-refractivity contribution in [3.63, 3.8) is 0 Å². The second kappa shape index (κ2) is 9.20. The molecule has 0 spiro atoms. The molecule has 1 aromatic rings. The lowest BCUT2D eigenvalue weighted by Crippen LogP contribution is -2.44. The lowest BCUT2D eigenvalue weighted by atomic mass is 10.1. The molecule has 0 bridgehead atoms. The van der Waals surface area contributed by atoms with Gasteiger partial charge in [0.05, 0.1) is 6.07 Å². The van der Waals surface area contributed by atoms with Crippen molar-refractivity contribution in [2.45, 2.75) is 38.6 Å². The fourth-order valence-corrected chi connectivity index (χ4v) is 1.99. The molecule has 0 aromatic heterocycles. The smallest absolute Gasteiger partial charge is 0.251 e. The standard InChI is InChI=1S/C16H20N4O3/c1-11(21)19-13-8-6-12(7-9-13)16(23)20-14(15(18)22)5-3-2-4-10-17/h6-9,14H,2-5H2,1H3,(H2,18,22)(H,19,21)(H,20,23)/t14-/m0/s1. The van der Waals surface area contributed by atoms with Crippen LogP contribution in [0, 0.1) is 11.3 Å². The number of hydrogen-bond donors (Lipinski definition) is 3. The van der Waals surface area contributed by atoms with Gasteiger partial charge in [-0.1, -0.05) is 0 Å². The fraction of sp³-hybridized carbons (Fsp3) is 0.375. The lowest BCUT2D eigenvalue weighted by molar-refractivity contribution is -0.120. The second-order valence-electron chi connectivity index (χ2n) is 5.09. The van der Waals surface area contributed by atoms with E-state index in [2.05, 4.69) is 10.6 Å². The quantitative estimate of drug-likeness (QED) is 0.625. The van der Waals surface area contributed by atoms with E-state index < -0.39 is 17.9 Å². The SMILES string of the molecule is CC(=O)Nc1ccc(C(=O)N[C@@H](CCCCC#N)C(N)=O)cc1. The lowest BCUT2D eigenvalue weighted by Gasteiger charge is -2.15. The van der Waals surface area contributed by atoms with Gasteiger partial charge in [0.25, 0.3) is 5.91 Å². The van der Waals surface area contributed by atoms with Crippen LogP contribution in [0.15, 0.2) is 24.3 Å². The Bertz CT molecular complexity index is 605. The van der Waals surface area contributed by atoms with Crippen molar-refractivity contribution in [2.75, 3.05) is 5.32 Å². The molecule has 7 nitrogen and oxygen atoms in total. The van der Waals surface area contributed by atoms with E-state index in [-0.39, 0.29) is 5.91 Å². The first-order valence-electron chi connectivity index (χ1n) is 7.29. The molecule has 1 atom stereocenters. The number of unbranched alkanes of at least 4 members (excludes halogenated alkanes) is 2. The third kappa shape index (κ3) is 6.61. The van der Waals surface area contributed by atoms with E-state index >= 15 is 0 Å². The molecule has 0 aliphatic carbocycles. The molecule has 4 N–H and O–H groups in total. The van der Waals surface area contributed by atoms with Crippen LogP contribution < -0.4 is 16.4 Å². The zero-order valence-electron chi connectivity index (χ0n) is 13.0. The topological polar surface area (TPSA) is 125 Å². The molecular formula is C16H20N4O3. The first-order chi connectivity index (χ1) is 10.9. The molecule has 0 heterocycles. The van der Waals surface area contributed by atoms with Gasteiger partial charge in [0, 0.05) is 24.6 Å². The van der Waals surface area contributed by atoms with E-state index in [4.69, 9.17) is 11.0 Å². The minimum atomic E-state index is -0.767. The third-order valence-corrected chi connectivity index (χ3v) is 3.15. The van der Waals surface area contributed by atoms with Crippen LogP contribution in [-0.2, 0) is 9.59 Å². The maximum atomic E-state index is 12.1. The minimum absolute atomic E-state index is 0.201. The van der Waals surface area contributed by atoms with Crippen molar-refractivity contribution in [2.24, 2.45) is 5.73 Å². The van der Waals surface area contributed by atoms with Gasteiger partial charge in [-0.15, -0.1) is 0 Å². The van der Waals surface area contributed by atoms with Crippen LogP contribution in [0.3, 0.4) is 0 Å². The Morgan fingerprint density at radius 3 is 2.39 bits per heavy atom. The number of anilines is 1. The van der Waals surface area contributed by atoms with Crippen LogP contribution in [0.4, 0.5) is 5.69 Å². The predicted molar refractivity (Wildman–Crippen MR) is 85.3 cm³/mol. The maximum Gasteiger partial charge on any atom is 0.251 e. The summed E-state index contributed by atoms with van der Waals surface area (Å²) in [5, 5.41) is 13.7. The first kappa shape index (κ1) is 18.2. The monoisotopic (exact) mass is 316 g/mol. The molecule has 1 rings (SSSR count). The number of amides is 3. The van der Waals surface area contributed by atoms with Crippen molar-refractivity contribution < 1.29 is 14.4 Å². The Morgan fingerprint density at radius 2 is 1.87 bits per heavy atom. The Labute approximate surface area is 134 Å². The molecule has 122 valence electrons. The van der Waals surface area contributed by atoms with Gasteiger partial charge < -0.3 is 16.4 Å². The summed E-state index contributed by atoms with van der Waals surface area (Å²) in [5.74, 6) is -1.22.